The number of halogens is 1. The van der Waals surface area contributed by atoms with Crippen molar-refractivity contribution in [3.8, 4) is 0 Å². The minimum Gasteiger partial charge on any atom is -0.378 e. The molecule has 2 aromatic carbocycles. The van der Waals surface area contributed by atoms with Crippen LogP contribution in [0.3, 0.4) is 0 Å². The number of carbonyl (C=O) groups is 1. The molecule has 6 heteroatoms. The molecule has 0 aliphatic carbocycles. The predicted octanol–water partition coefficient (Wildman–Crippen LogP) is 3.50. The Morgan fingerprint density at radius 2 is 1.88 bits per heavy atom. The molecule has 2 amide bonds. The van der Waals surface area contributed by atoms with Crippen molar-refractivity contribution < 1.29 is 9.53 Å². The molecule has 1 saturated heterocycles. The summed E-state index contributed by atoms with van der Waals surface area (Å²) in [5.41, 5.74) is 2.71. The van der Waals surface area contributed by atoms with E-state index in [-0.39, 0.29) is 6.03 Å². The van der Waals surface area contributed by atoms with E-state index in [1.54, 1.807) is 6.07 Å². The molecule has 0 saturated carbocycles. The number of urea groups is 1. The minimum atomic E-state index is -0.254. The highest BCUT2D eigenvalue weighted by atomic mass is 35.5. The maximum absolute atomic E-state index is 12.2. The molecule has 126 valence electrons. The van der Waals surface area contributed by atoms with Crippen molar-refractivity contribution in [3.05, 3.63) is 59.1 Å². The van der Waals surface area contributed by atoms with Crippen molar-refractivity contribution >= 4 is 29.0 Å². The fraction of sp³-hybridized carbons (Fsp3) is 0.278. The van der Waals surface area contributed by atoms with Gasteiger partial charge in [-0.15, -0.1) is 0 Å². The molecule has 0 unspecified atom stereocenters. The number of rotatable bonds is 4. The highest BCUT2D eigenvalue weighted by Crippen LogP contribution is 2.29. The van der Waals surface area contributed by atoms with E-state index in [1.807, 2.05) is 42.5 Å². The van der Waals surface area contributed by atoms with E-state index in [0.29, 0.717) is 30.5 Å². The molecule has 1 aliphatic rings. The monoisotopic (exact) mass is 345 g/mol. The van der Waals surface area contributed by atoms with Gasteiger partial charge in [0.2, 0.25) is 0 Å². The van der Waals surface area contributed by atoms with Crippen molar-refractivity contribution in [1.82, 2.24) is 5.32 Å². The maximum atomic E-state index is 12.2. The van der Waals surface area contributed by atoms with E-state index >= 15 is 0 Å². The topological polar surface area (TPSA) is 53.6 Å². The number of anilines is 2. The number of nitrogens with zero attached hydrogens (tertiary/aromatic N) is 1. The van der Waals surface area contributed by atoms with E-state index in [2.05, 4.69) is 15.5 Å². The molecule has 0 bridgehead atoms. The molecule has 5 nitrogen and oxygen atoms in total. The van der Waals surface area contributed by atoms with Crippen LogP contribution < -0.4 is 15.5 Å². The van der Waals surface area contributed by atoms with E-state index in [0.717, 1.165) is 24.3 Å². The zero-order valence-electron chi connectivity index (χ0n) is 13.3. The normalized spacial score (nSPS) is 14.3. The standard InChI is InChI=1S/C18H20ClN3O2/c19-15-6-7-17(22-8-10-24-11-9-22)16(12-15)21-18(23)20-13-14-4-2-1-3-5-14/h1-7,12H,8-11,13H2,(H2,20,21,23). The number of hydrogen-bond donors (Lipinski definition) is 2. The Morgan fingerprint density at radius 1 is 1.12 bits per heavy atom. The van der Waals surface area contributed by atoms with Crippen LogP contribution in [-0.4, -0.2) is 32.3 Å². The summed E-state index contributed by atoms with van der Waals surface area (Å²) in [5.74, 6) is 0. The Hall–Kier alpha value is -2.24. The molecule has 0 spiro atoms. The minimum absolute atomic E-state index is 0.254. The van der Waals surface area contributed by atoms with Gasteiger partial charge in [-0.1, -0.05) is 41.9 Å². The van der Waals surface area contributed by atoms with E-state index in [1.165, 1.54) is 0 Å². The van der Waals surface area contributed by atoms with E-state index in [4.69, 9.17) is 16.3 Å². The first-order valence-corrected chi connectivity index (χ1v) is 8.31. The smallest absolute Gasteiger partial charge is 0.319 e. The molecule has 0 atom stereocenters. The summed E-state index contributed by atoms with van der Waals surface area (Å²) in [5, 5.41) is 6.35. The second-order valence-electron chi connectivity index (χ2n) is 5.55. The summed E-state index contributed by atoms with van der Waals surface area (Å²) in [7, 11) is 0. The molecule has 2 N–H and O–H groups in total. The van der Waals surface area contributed by atoms with Crippen LogP contribution in [0, 0.1) is 0 Å². The van der Waals surface area contributed by atoms with Crippen LogP contribution in [0.2, 0.25) is 5.02 Å². The van der Waals surface area contributed by atoms with Gasteiger partial charge in [0, 0.05) is 24.7 Å². The van der Waals surface area contributed by atoms with Gasteiger partial charge in [0.1, 0.15) is 0 Å². The SMILES string of the molecule is O=C(NCc1ccccc1)Nc1cc(Cl)ccc1N1CCOCC1. The van der Waals surface area contributed by atoms with Gasteiger partial charge in [-0.2, -0.15) is 0 Å². The third-order valence-electron chi connectivity index (χ3n) is 3.85. The highest BCUT2D eigenvalue weighted by Gasteiger charge is 2.16. The first-order chi connectivity index (χ1) is 11.7. The Morgan fingerprint density at radius 3 is 2.62 bits per heavy atom. The lowest BCUT2D eigenvalue weighted by Crippen LogP contribution is -2.37. The maximum Gasteiger partial charge on any atom is 0.319 e. The van der Waals surface area contributed by atoms with Gasteiger partial charge in [-0.05, 0) is 23.8 Å². The molecule has 24 heavy (non-hydrogen) atoms. The van der Waals surface area contributed by atoms with Crippen molar-refractivity contribution in [3.63, 3.8) is 0 Å². The summed E-state index contributed by atoms with van der Waals surface area (Å²) >= 11 is 6.10. The van der Waals surface area contributed by atoms with Crippen LogP contribution >= 0.6 is 11.6 Å². The van der Waals surface area contributed by atoms with Crippen LogP contribution in [0.4, 0.5) is 16.2 Å². The molecule has 1 fully saturated rings. The first-order valence-electron chi connectivity index (χ1n) is 7.93. The molecular weight excluding hydrogens is 326 g/mol. The van der Waals surface area contributed by atoms with Crippen molar-refractivity contribution in [2.24, 2.45) is 0 Å². The van der Waals surface area contributed by atoms with Crippen LogP contribution in [0.5, 0.6) is 0 Å². The molecule has 3 rings (SSSR count). The lowest BCUT2D eigenvalue weighted by molar-refractivity contribution is 0.123. The van der Waals surface area contributed by atoms with Gasteiger partial charge in [-0.25, -0.2) is 4.79 Å². The van der Waals surface area contributed by atoms with Crippen LogP contribution in [0.25, 0.3) is 0 Å². The largest absolute Gasteiger partial charge is 0.378 e. The third kappa shape index (κ3) is 4.40. The lowest BCUT2D eigenvalue weighted by Gasteiger charge is -2.30. The van der Waals surface area contributed by atoms with Gasteiger partial charge in [0.25, 0.3) is 0 Å². The molecule has 2 aromatic rings. The van der Waals surface area contributed by atoms with E-state index < -0.39 is 0 Å². The number of ether oxygens (including phenoxy) is 1. The average molecular weight is 346 g/mol. The molecule has 0 radical (unpaired) electrons. The van der Waals surface area contributed by atoms with E-state index in [9.17, 15) is 4.79 Å². The zero-order valence-corrected chi connectivity index (χ0v) is 14.1. The van der Waals surface area contributed by atoms with Crippen molar-refractivity contribution in [2.45, 2.75) is 6.54 Å². The number of carbonyl (C=O) groups excluding carboxylic acids is 1. The number of morpholine rings is 1. The average Bonchev–Trinajstić information content (AvgIpc) is 2.62. The first kappa shape index (κ1) is 16.6. The van der Waals surface area contributed by atoms with Gasteiger partial charge >= 0.3 is 6.03 Å². The lowest BCUT2D eigenvalue weighted by atomic mass is 10.2. The third-order valence-corrected chi connectivity index (χ3v) is 4.09. The Labute approximate surface area is 146 Å². The summed E-state index contributed by atoms with van der Waals surface area (Å²) in [6.07, 6.45) is 0. The molecule has 1 aliphatic heterocycles. The fourth-order valence-corrected chi connectivity index (χ4v) is 2.81. The predicted molar refractivity (Wildman–Crippen MR) is 96.8 cm³/mol. The highest BCUT2D eigenvalue weighted by molar-refractivity contribution is 6.31. The van der Waals surface area contributed by atoms with Crippen LogP contribution in [0.15, 0.2) is 48.5 Å². The summed E-state index contributed by atoms with van der Waals surface area (Å²) in [6, 6.07) is 15.1. The Kier molecular flexibility index (Phi) is 5.56. The second kappa shape index (κ2) is 8.04. The van der Waals surface area contributed by atoms with Crippen LogP contribution in [-0.2, 0) is 11.3 Å². The van der Waals surface area contributed by atoms with Gasteiger partial charge in [-0.3, -0.25) is 0 Å². The van der Waals surface area contributed by atoms with Gasteiger partial charge in [0.15, 0.2) is 0 Å². The molecule has 1 heterocycles. The molecule has 0 aromatic heterocycles. The Balaban J connectivity index is 1.66. The zero-order chi connectivity index (χ0) is 16.8. The second-order valence-corrected chi connectivity index (χ2v) is 5.99. The molecular formula is C18H20ClN3O2. The number of benzene rings is 2. The van der Waals surface area contributed by atoms with Crippen molar-refractivity contribution in [1.29, 1.82) is 0 Å². The fourth-order valence-electron chi connectivity index (χ4n) is 2.63. The van der Waals surface area contributed by atoms with Gasteiger partial charge in [0.05, 0.1) is 24.6 Å². The number of hydrogen-bond acceptors (Lipinski definition) is 3. The number of nitrogens with one attached hydrogen (secondary N) is 2. The summed E-state index contributed by atoms with van der Waals surface area (Å²) in [6.45, 7) is 3.43. The van der Waals surface area contributed by atoms with Crippen molar-refractivity contribution in [2.75, 3.05) is 36.5 Å². The summed E-state index contributed by atoms with van der Waals surface area (Å²) < 4.78 is 5.39. The quantitative estimate of drug-likeness (QED) is 0.891. The Bertz CT molecular complexity index is 688. The van der Waals surface area contributed by atoms with Gasteiger partial charge < -0.3 is 20.3 Å². The number of amides is 2. The van der Waals surface area contributed by atoms with Crippen LogP contribution in [0.1, 0.15) is 5.56 Å². The summed E-state index contributed by atoms with van der Waals surface area (Å²) in [4.78, 5) is 14.4.